The van der Waals surface area contributed by atoms with E-state index in [1.165, 1.54) is 12.1 Å². The van der Waals surface area contributed by atoms with Crippen LogP contribution in [0, 0.1) is 10.1 Å². The van der Waals surface area contributed by atoms with Gasteiger partial charge in [0, 0.05) is 12.6 Å². The van der Waals surface area contributed by atoms with Crippen molar-refractivity contribution in [2.45, 2.75) is 25.8 Å². The fourth-order valence-corrected chi connectivity index (χ4v) is 1.73. The molecule has 8 heteroatoms. The Balaban J connectivity index is 0.00000400. The van der Waals surface area contributed by atoms with E-state index in [4.69, 9.17) is 9.84 Å². The predicted octanol–water partition coefficient (Wildman–Crippen LogP) is 2.24. The molecule has 0 aromatic heterocycles. The smallest absolute Gasteiger partial charge is 0.320 e. The summed E-state index contributed by atoms with van der Waals surface area (Å²) in [4.78, 5) is 21.2. The first-order chi connectivity index (χ1) is 9.56. The van der Waals surface area contributed by atoms with E-state index >= 15 is 0 Å². The lowest BCUT2D eigenvalue weighted by molar-refractivity contribution is -0.385. The van der Waals surface area contributed by atoms with Crippen molar-refractivity contribution >= 4 is 24.1 Å². The normalized spacial score (nSPS) is 11.3. The molecular weight excluding hydrogens is 300 g/mol. The number of nitro groups is 1. The van der Waals surface area contributed by atoms with Crippen LogP contribution in [0.2, 0.25) is 0 Å². The zero-order valence-electron chi connectivity index (χ0n) is 11.7. The van der Waals surface area contributed by atoms with Crippen LogP contribution in [-0.2, 0) is 4.79 Å². The number of benzene rings is 1. The summed E-state index contributed by atoms with van der Waals surface area (Å²) in [6.07, 6.45) is 1.29. The minimum atomic E-state index is -0.905. The zero-order chi connectivity index (χ0) is 15.0. The van der Waals surface area contributed by atoms with Crippen LogP contribution >= 0.6 is 12.4 Å². The van der Waals surface area contributed by atoms with Crippen LogP contribution in [-0.4, -0.2) is 35.2 Å². The van der Waals surface area contributed by atoms with E-state index in [1.807, 2.05) is 6.92 Å². The maximum atomic E-state index is 10.9. The Morgan fingerprint density at radius 2 is 2.14 bits per heavy atom. The summed E-state index contributed by atoms with van der Waals surface area (Å²) in [6.45, 7) is 2.38. The topological polar surface area (TPSA) is 102 Å². The van der Waals surface area contributed by atoms with Gasteiger partial charge in [-0.15, -0.1) is 12.4 Å². The molecule has 7 nitrogen and oxygen atoms in total. The van der Waals surface area contributed by atoms with Crippen molar-refractivity contribution < 1.29 is 19.6 Å². The maximum Gasteiger partial charge on any atom is 0.320 e. The Kier molecular flexibility index (Phi) is 9.07. The van der Waals surface area contributed by atoms with Gasteiger partial charge in [-0.1, -0.05) is 25.5 Å². The van der Waals surface area contributed by atoms with Crippen molar-refractivity contribution in [1.82, 2.24) is 5.32 Å². The number of aliphatic carboxylic acids is 1. The van der Waals surface area contributed by atoms with Gasteiger partial charge in [-0.05, 0) is 12.5 Å². The number of nitrogens with zero attached hydrogens (tertiary/aromatic N) is 1. The number of hydrogen-bond acceptors (Lipinski definition) is 5. The van der Waals surface area contributed by atoms with E-state index in [1.54, 1.807) is 12.1 Å². The van der Waals surface area contributed by atoms with Gasteiger partial charge in [-0.3, -0.25) is 14.9 Å². The molecule has 0 spiro atoms. The first kappa shape index (κ1) is 19.1. The molecule has 0 radical (unpaired) electrons. The van der Waals surface area contributed by atoms with Crippen LogP contribution < -0.4 is 10.1 Å². The quantitative estimate of drug-likeness (QED) is 0.411. The van der Waals surface area contributed by atoms with Crippen molar-refractivity contribution in [3.8, 4) is 5.75 Å². The van der Waals surface area contributed by atoms with E-state index < -0.39 is 16.9 Å². The number of carboxylic acids is 1. The van der Waals surface area contributed by atoms with Gasteiger partial charge in [0.05, 0.1) is 4.92 Å². The molecule has 0 fully saturated rings. The van der Waals surface area contributed by atoms with Crippen LogP contribution in [0.5, 0.6) is 5.75 Å². The summed E-state index contributed by atoms with van der Waals surface area (Å²) >= 11 is 0. The van der Waals surface area contributed by atoms with Crippen LogP contribution in [0.25, 0.3) is 0 Å². The Labute approximate surface area is 128 Å². The van der Waals surface area contributed by atoms with E-state index in [0.717, 1.165) is 6.42 Å². The first-order valence-corrected chi connectivity index (χ1v) is 6.38. The van der Waals surface area contributed by atoms with Gasteiger partial charge >= 0.3 is 11.7 Å². The molecule has 1 aromatic rings. The summed E-state index contributed by atoms with van der Waals surface area (Å²) in [5, 5.41) is 22.6. The molecule has 1 atom stereocenters. The number of para-hydroxylation sites is 2. The van der Waals surface area contributed by atoms with Gasteiger partial charge in [-0.25, -0.2) is 0 Å². The Morgan fingerprint density at radius 1 is 1.48 bits per heavy atom. The highest BCUT2D eigenvalue weighted by molar-refractivity contribution is 5.85. The molecule has 118 valence electrons. The number of hydrogen-bond donors (Lipinski definition) is 2. The molecule has 21 heavy (non-hydrogen) atoms. The molecule has 1 aromatic carbocycles. The second-order valence-corrected chi connectivity index (χ2v) is 4.21. The van der Waals surface area contributed by atoms with Gasteiger partial charge in [0.1, 0.15) is 12.6 Å². The van der Waals surface area contributed by atoms with Gasteiger partial charge < -0.3 is 15.2 Å². The second kappa shape index (κ2) is 9.95. The van der Waals surface area contributed by atoms with E-state index in [0.29, 0.717) is 13.0 Å². The number of ether oxygens (including phenoxy) is 1. The van der Waals surface area contributed by atoms with Crippen LogP contribution in [0.15, 0.2) is 24.3 Å². The summed E-state index contributed by atoms with van der Waals surface area (Å²) in [5.41, 5.74) is -0.101. The Hall–Kier alpha value is -1.86. The minimum absolute atomic E-state index is 0. The average molecular weight is 319 g/mol. The number of halogens is 1. The fraction of sp³-hybridized carbons (Fsp3) is 0.462. The predicted molar refractivity (Wildman–Crippen MR) is 80.2 cm³/mol. The molecule has 0 aliphatic heterocycles. The molecule has 2 N–H and O–H groups in total. The Morgan fingerprint density at radius 3 is 2.71 bits per heavy atom. The van der Waals surface area contributed by atoms with Gasteiger partial charge in [0.2, 0.25) is 0 Å². The summed E-state index contributed by atoms with van der Waals surface area (Å²) in [7, 11) is 0. The molecule has 1 rings (SSSR count). The third-order valence-corrected chi connectivity index (χ3v) is 2.69. The summed E-state index contributed by atoms with van der Waals surface area (Å²) in [6, 6.07) is 5.46. The molecule has 0 heterocycles. The lowest BCUT2D eigenvalue weighted by Crippen LogP contribution is -2.38. The molecule has 0 aliphatic rings. The fourth-order valence-electron chi connectivity index (χ4n) is 1.73. The number of nitro benzene ring substituents is 1. The highest BCUT2D eigenvalue weighted by Crippen LogP contribution is 2.25. The van der Waals surface area contributed by atoms with E-state index in [9.17, 15) is 14.9 Å². The highest BCUT2D eigenvalue weighted by Gasteiger charge is 2.16. The number of carboxylic acid groups (broad SMARTS) is 1. The summed E-state index contributed by atoms with van der Waals surface area (Å²) in [5.74, 6) is -0.723. The number of nitrogens with one attached hydrogen (secondary N) is 1. The molecule has 0 aliphatic carbocycles. The average Bonchev–Trinajstić information content (AvgIpc) is 2.42. The first-order valence-electron chi connectivity index (χ1n) is 6.38. The van der Waals surface area contributed by atoms with Crippen LogP contribution in [0.3, 0.4) is 0 Å². The Bertz CT molecular complexity index is 470. The second-order valence-electron chi connectivity index (χ2n) is 4.21. The highest BCUT2D eigenvalue weighted by atomic mass is 35.5. The van der Waals surface area contributed by atoms with Crippen molar-refractivity contribution in [3.63, 3.8) is 0 Å². The van der Waals surface area contributed by atoms with Gasteiger partial charge in [0.25, 0.3) is 0 Å². The van der Waals surface area contributed by atoms with Crippen molar-refractivity contribution in [2.75, 3.05) is 13.2 Å². The summed E-state index contributed by atoms with van der Waals surface area (Å²) < 4.78 is 5.31. The third kappa shape index (κ3) is 6.42. The molecule has 0 amide bonds. The van der Waals surface area contributed by atoms with Gasteiger partial charge in [-0.2, -0.15) is 0 Å². The monoisotopic (exact) mass is 318 g/mol. The number of carbonyl (C=O) groups is 1. The largest absolute Gasteiger partial charge is 0.485 e. The van der Waals surface area contributed by atoms with Crippen LogP contribution in [0.1, 0.15) is 19.8 Å². The lowest BCUT2D eigenvalue weighted by Gasteiger charge is -2.13. The minimum Gasteiger partial charge on any atom is -0.485 e. The van der Waals surface area contributed by atoms with Crippen molar-refractivity contribution in [3.05, 3.63) is 34.4 Å². The standard InChI is InChI=1S/C13H18N2O5.ClH/c1-2-5-10(13(16)17)14-8-9-20-12-7-4-3-6-11(12)15(18)19;/h3-4,6-7,10,14H,2,5,8-9H2,1H3,(H,16,17);1H. The molecular formula is C13H19ClN2O5. The number of rotatable bonds is 9. The van der Waals surface area contributed by atoms with E-state index in [-0.39, 0.29) is 30.5 Å². The zero-order valence-corrected chi connectivity index (χ0v) is 12.5. The van der Waals surface area contributed by atoms with Crippen molar-refractivity contribution in [1.29, 1.82) is 0 Å². The van der Waals surface area contributed by atoms with Gasteiger partial charge in [0.15, 0.2) is 5.75 Å². The maximum absolute atomic E-state index is 10.9. The van der Waals surface area contributed by atoms with E-state index in [2.05, 4.69) is 5.32 Å². The molecule has 0 bridgehead atoms. The third-order valence-electron chi connectivity index (χ3n) is 2.69. The SMILES string of the molecule is CCCC(NCCOc1ccccc1[N+](=O)[O-])C(=O)O.Cl. The molecule has 0 saturated heterocycles. The van der Waals surface area contributed by atoms with Crippen molar-refractivity contribution in [2.24, 2.45) is 0 Å². The molecule has 0 saturated carbocycles. The van der Waals surface area contributed by atoms with Crippen LogP contribution in [0.4, 0.5) is 5.69 Å². The molecule has 1 unspecified atom stereocenters. The lowest BCUT2D eigenvalue weighted by atomic mass is 10.2.